The summed E-state index contributed by atoms with van der Waals surface area (Å²) in [6.45, 7) is 1.82. The van der Waals surface area contributed by atoms with Gasteiger partial charge in [-0.1, -0.05) is 13.3 Å². The predicted molar refractivity (Wildman–Crippen MR) is 60.6 cm³/mol. The Kier molecular flexibility index (Phi) is 4.63. The SMILES string of the molecule is CCCc1cc(C(=O)O)cc(OC(F)(F)F)c1OC. The Morgan fingerprint density at radius 1 is 1.37 bits per heavy atom. The molecule has 0 aliphatic rings. The van der Waals surface area contributed by atoms with Crippen molar-refractivity contribution in [1.82, 2.24) is 0 Å². The quantitative estimate of drug-likeness (QED) is 0.898. The third kappa shape index (κ3) is 4.04. The van der Waals surface area contributed by atoms with Gasteiger partial charge in [0.15, 0.2) is 11.5 Å². The highest BCUT2D eigenvalue weighted by Crippen LogP contribution is 2.37. The van der Waals surface area contributed by atoms with Gasteiger partial charge in [-0.2, -0.15) is 0 Å². The van der Waals surface area contributed by atoms with Crippen molar-refractivity contribution >= 4 is 5.97 Å². The van der Waals surface area contributed by atoms with Crippen LogP contribution in [0.1, 0.15) is 29.3 Å². The first-order chi connectivity index (χ1) is 8.78. The van der Waals surface area contributed by atoms with Crippen molar-refractivity contribution in [3.05, 3.63) is 23.3 Å². The van der Waals surface area contributed by atoms with Crippen molar-refractivity contribution < 1.29 is 32.5 Å². The molecule has 1 rings (SSSR count). The summed E-state index contributed by atoms with van der Waals surface area (Å²) in [6, 6.07) is 2.09. The van der Waals surface area contributed by atoms with Crippen LogP contribution in [0, 0.1) is 0 Å². The fourth-order valence-corrected chi connectivity index (χ4v) is 1.67. The van der Waals surface area contributed by atoms with Crippen molar-refractivity contribution in [1.29, 1.82) is 0 Å². The molecule has 0 atom stereocenters. The molecule has 0 aromatic heterocycles. The number of aryl methyl sites for hydroxylation is 1. The minimum absolute atomic E-state index is 0.0934. The van der Waals surface area contributed by atoms with Gasteiger partial charge in [0.25, 0.3) is 0 Å². The Bertz CT molecular complexity index is 469. The molecule has 0 heterocycles. The van der Waals surface area contributed by atoms with Crippen LogP contribution in [-0.2, 0) is 6.42 Å². The van der Waals surface area contributed by atoms with Crippen LogP contribution in [0.4, 0.5) is 13.2 Å². The molecule has 0 spiro atoms. The van der Waals surface area contributed by atoms with Crippen molar-refractivity contribution in [3.63, 3.8) is 0 Å². The Morgan fingerprint density at radius 3 is 2.42 bits per heavy atom. The molecule has 0 fully saturated rings. The monoisotopic (exact) mass is 278 g/mol. The first-order valence-corrected chi connectivity index (χ1v) is 5.48. The van der Waals surface area contributed by atoms with Crippen molar-refractivity contribution in [3.8, 4) is 11.5 Å². The third-order valence-corrected chi connectivity index (χ3v) is 2.33. The zero-order valence-corrected chi connectivity index (χ0v) is 10.4. The second-order valence-electron chi connectivity index (χ2n) is 3.77. The standard InChI is InChI=1S/C12H13F3O4/c1-3-4-7-5-8(11(16)17)6-9(10(7)18-2)19-12(13,14)15/h5-6H,3-4H2,1-2H3,(H,16,17). The number of halogens is 3. The molecule has 0 saturated heterocycles. The molecule has 0 saturated carbocycles. The van der Waals surface area contributed by atoms with E-state index in [0.717, 1.165) is 6.07 Å². The summed E-state index contributed by atoms with van der Waals surface area (Å²) < 4.78 is 45.6. The number of benzene rings is 1. The van der Waals surface area contributed by atoms with Gasteiger partial charge in [0.05, 0.1) is 12.7 Å². The van der Waals surface area contributed by atoms with Crippen LogP contribution < -0.4 is 9.47 Å². The van der Waals surface area contributed by atoms with Gasteiger partial charge in [-0.3, -0.25) is 0 Å². The number of rotatable bonds is 5. The van der Waals surface area contributed by atoms with E-state index >= 15 is 0 Å². The van der Waals surface area contributed by atoms with Gasteiger partial charge in [-0.05, 0) is 24.1 Å². The van der Waals surface area contributed by atoms with Gasteiger partial charge < -0.3 is 14.6 Å². The number of hydrogen-bond acceptors (Lipinski definition) is 3. The van der Waals surface area contributed by atoms with E-state index in [0.29, 0.717) is 18.4 Å². The van der Waals surface area contributed by atoms with Gasteiger partial charge in [-0.25, -0.2) is 4.79 Å². The first kappa shape index (κ1) is 15.1. The van der Waals surface area contributed by atoms with Crippen LogP contribution in [-0.4, -0.2) is 24.5 Å². The van der Waals surface area contributed by atoms with Crippen LogP contribution in [0.5, 0.6) is 11.5 Å². The zero-order chi connectivity index (χ0) is 14.6. The van der Waals surface area contributed by atoms with E-state index in [1.165, 1.54) is 13.2 Å². The summed E-state index contributed by atoms with van der Waals surface area (Å²) in [5.41, 5.74) is 0.0904. The number of carboxylic acids is 1. The average Bonchev–Trinajstić information content (AvgIpc) is 2.26. The van der Waals surface area contributed by atoms with Crippen molar-refractivity contribution in [2.24, 2.45) is 0 Å². The molecule has 0 unspecified atom stereocenters. The number of hydrogen-bond donors (Lipinski definition) is 1. The molecule has 0 radical (unpaired) electrons. The summed E-state index contributed by atoms with van der Waals surface area (Å²) in [4.78, 5) is 10.9. The molecule has 106 valence electrons. The Balaban J connectivity index is 3.35. The van der Waals surface area contributed by atoms with Crippen LogP contribution in [0.15, 0.2) is 12.1 Å². The molecule has 0 amide bonds. The normalized spacial score (nSPS) is 11.2. The fourth-order valence-electron chi connectivity index (χ4n) is 1.67. The van der Waals surface area contributed by atoms with E-state index in [2.05, 4.69) is 4.74 Å². The lowest BCUT2D eigenvalue weighted by atomic mass is 10.0. The maximum absolute atomic E-state index is 12.3. The van der Waals surface area contributed by atoms with E-state index < -0.39 is 18.1 Å². The largest absolute Gasteiger partial charge is 0.573 e. The molecule has 4 nitrogen and oxygen atoms in total. The van der Waals surface area contributed by atoms with Crippen LogP contribution in [0.3, 0.4) is 0 Å². The van der Waals surface area contributed by atoms with Crippen LogP contribution in [0.2, 0.25) is 0 Å². The lowest BCUT2D eigenvalue weighted by molar-refractivity contribution is -0.275. The van der Waals surface area contributed by atoms with Gasteiger partial charge in [-0.15, -0.1) is 13.2 Å². The molecular weight excluding hydrogens is 265 g/mol. The molecule has 1 aromatic carbocycles. The summed E-state index contributed by atoms with van der Waals surface area (Å²) >= 11 is 0. The fraction of sp³-hybridized carbons (Fsp3) is 0.417. The number of carboxylic acid groups (broad SMARTS) is 1. The number of alkyl halides is 3. The number of carbonyl (C=O) groups is 1. The lowest BCUT2D eigenvalue weighted by Gasteiger charge is -2.16. The Labute approximate surface area is 107 Å². The van der Waals surface area contributed by atoms with Crippen LogP contribution >= 0.6 is 0 Å². The molecule has 1 aromatic rings. The summed E-state index contributed by atoms with van der Waals surface area (Å²) in [5, 5.41) is 8.89. The smallest absolute Gasteiger partial charge is 0.493 e. The molecule has 0 aliphatic carbocycles. The molecular formula is C12H13F3O4. The minimum atomic E-state index is -4.91. The minimum Gasteiger partial charge on any atom is -0.493 e. The van der Waals surface area contributed by atoms with Gasteiger partial charge in [0, 0.05) is 0 Å². The maximum atomic E-state index is 12.3. The number of methoxy groups -OCH3 is 1. The van der Waals surface area contributed by atoms with Gasteiger partial charge >= 0.3 is 12.3 Å². The number of ether oxygens (including phenoxy) is 2. The first-order valence-electron chi connectivity index (χ1n) is 5.48. The molecule has 0 aliphatic heterocycles. The van der Waals surface area contributed by atoms with E-state index in [1.807, 2.05) is 6.92 Å². The zero-order valence-electron chi connectivity index (χ0n) is 10.4. The van der Waals surface area contributed by atoms with E-state index in [1.54, 1.807) is 0 Å². The van der Waals surface area contributed by atoms with E-state index in [4.69, 9.17) is 9.84 Å². The van der Waals surface area contributed by atoms with Crippen molar-refractivity contribution in [2.75, 3.05) is 7.11 Å². The van der Waals surface area contributed by atoms with Crippen molar-refractivity contribution in [2.45, 2.75) is 26.1 Å². The topological polar surface area (TPSA) is 55.8 Å². The van der Waals surface area contributed by atoms with Gasteiger partial charge in [0.1, 0.15) is 0 Å². The molecule has 19 heavy (non-hydrogen) atoms. The average molecular weight is 278 g/mol. The highest BCUT2D eigenvalue weighted by Gasteiger charge is 2.33. The third-order valence-electron chi connectivity index (χ3n) is 2.33. The summed E-state index contributed by atoms with van der Waals surface area (Å²) in [5.74, 6) is -2.06. The second kappa shape index (κ2) is 5.81. The van der Waals surface area contributed by atoms with Crippen LogP contribution in [0.25, 0.3) is 0 Å². The predicted octanol–water partition coefficient (Wildman–Crippen LogP) is 3.24. The number of aromatic carboxylic acids is 1. The molecule has 0 bridgehead atoms. The highest BCUT2D eigenvalue weighted by atomic mass is 19.4. The Morgan fingerprint density at radius 2 is 2.00 bits per heavy atom. The van der Waals surface area contributed by atoms with Gasteiger partial charge in [0.2, 0.25) is 0 Å². The van der Waals surface area contributed by atoms with E-state index in [9.17, 15) is 18.0 Å². The summed E-state index contributed by atoms with van der Waals surface area (Å²) in [6.07, 6.45) is -3.89. The molecule has 7 heteroatoms. The molecule has 1 N–H and O–H groups in total. The Hall–Kier alpha value is -1.92. The van der Waals surface area contributed by atoms with E-state index in [-0.39, 0.29) is 11.3 Å². The maximum Gasteiger partial charge on any atom is 0.573 e. The lowest BCUT2D eigenvalue weighted by Crippen LogP contribution is -2.18. The summed E-state index contributed by atoms with van der Waals surface area (Å²) in [7, 11) is 1.21. The second-order valence-corrected chi connectivity index (χ2v) is 3.77. The highest BCUT2D eigenvalue weighted by molar-refractivity contribution is 5.89.